The maximum atomic E-state index is 4.46. The second-order valence-corrected chi connectivity index (χ2v) is 3.54. The van der Waals surface area contributed by atoms with Crippen LogP contribution in [-0.2, 0) is 0 Å². The third-order valence-corrected chi connectivity index (χ3v) is 2.88. The number of hydrogen-bond donors (Lipinski definition) is 1. The summed E-state index contributed by atoms with van der Waals surface area (Å²) in [7, 11) is 0. The van der Waals surface area contributed by atoms with Gasteiger partial charge in [0.25, 0.3) is 0 Å². The molecular weight excluding hydrogens is 118 g/mol. The first-order chi connectivity index (χ1) is 3.86. The molecule has 8 heavy (non-hydrogen) atoms. The molecule has 3 atom stereocenters. The second-order valence-electron chi connectivity index (χ2n) is 2.88. The summed E-state index contributed by atoms with van der Waals surface area (Å²) in [4.78, 5) is 2.50. The van der Waals surface area contributed by atoms with Crippen molar-refractivity contribution in [2.45, 2.75) is 11.7 Å². The topological polar surface area (TPSA) is 3.24 Å². The van der Waals surface area contributed by atoms with E-state index in [0.29, 0.717) is 5.25 Å². The van der Waals surface area contributed by atoms with Crippen molar-refractivity contribution in [3.8, 4) is 0 Å². The lowest BCUT2D eigenvalue weighted by Crippen LogP contribution is -2.23. The SMILES string of the molecule is S[C@@H]1CN2CC[C@@H]1C2. The fourth-order valence-electron chi connectivity index (χ4n) is 1.76. The van der Waals surface area contributed by atoms with Gasteiger partial charge < -0.3 is 4.90 Å². The van der Waals surface area contributed by atoms with E-state index in [2.05, 4.69) is 17.5 Å². The first-order valence-electron chi connectivity index (χ1n) is 3.26. The van der Waals surface area contributed by atoms with E-state index in [1.165, 1.54) is 26.1 Å². The second kappa shape index (κ2) is 1.64. The molecule has 0 aromatic carbocycles. The molecule has 1 nitrogen and oxygen atoms in total. The Kier molecular flexibility index (Phi) is 1.05. The highest BCUT2D eigenvalue weighted by atomic mass is 32.1. The Morgan fingerprint density at radius 3 is 2.50 bits per heavy atom. The first kappa shape index (κ1) is 5.12. The Bertz CT molecular complexity index is 103. The van der Waals surface area contributed by atoms with E-state index in [0.717, 1.165) is 5.92 Å². The molecular formula is C6H11NS. The number of hydrogen-bond acceptors (Lipinski definition) is 2. The molecule has 2 heterocycles. The normalized spacial score (nSPS) is 52.9. The monoisotopic (exact) mass is 129 g/mol. The van der Waals surface area contributed by atoms with Crippen molar-refractivity contribution in [3.05, 3.63) is 0 Å². The van der Waals surface area contributed by atoms with Gasteiger partial charge in [-0.25, -0.2) is 0 Å². The van der Waals surface area contributed by atoms with Gasteiger partial charge in [0.1, 0.15) is 0 Å². The average molecular weight is 129 g/mol. The maximum absolute atomic E-state index is 4.46. The highest BCUT2D eigenvalue weighted by molar-refractivity contribution is 7.81. The van der Waals surface area contributed by atoms with Gasteiger partial charge in [-0.2, -0.15) is 12.6 Å². The Morgan fingerprint density at radius 2 is 2.25 bits per heavy atom. The molecule has 2 bridgehead atoms. The van der Waals surface area contributed by atoms with Crippen molar-refractivity contribution in [2.24, 2.45) is 5.92 Å². The van der Waals surface area contributed by atoms with Gasteiger partial charge in [0.15, 0.2) is 0 Å². The van der Waals surface area contributed by atoms with E-state index in [9.17, 15) is 0 Å². The van der Waals surface area contributed by atoms with E-state index in [1.807, 2.05) is 0 Å². The Morgan fingerprint density at radius 1 is 1.38 bits per heavy atom. The van der Waals surface area contributed by atoms with Crippen LogP contribution in [0.3, 0.4) is 0 Å². The number of fused-ring (bicyclic) bond motifs is 2. The standard InChI is InChI=1S/C6H11NS/c8-6-4-7-2-1-5(6)3-7/h5-6,8H,1-4H2/t5-,6-/m1/s1. The van der Waals surface area contributed by atoms with Gasteiger partial charge in [-0.3, -0.25) is 0 Å². The lowest BCUT2D eigenvalue weighted by atomic mass is 10.1. The van der Waals surface area contributed by atoms with Crippen LogP contribution < -0.4 is 0 Å². The summed E-state index contributed by atoms with van der Waals surface area (Å²) in [6.45, 7) is 3.91. The molecule has 2 aliphatic rings. The summed E-state index contributed by atoms with van der Waals surface area (Å²) in [5.41, 5.74) is 0. The molecule has 0 radical (unpaired) electrons. The minimum atomic E-state index is 0.698. The first-order valence-corrected chi connectivity index (χ1v) is 3.78. The van der Waals surface area contributed by atoms with Crippen LogP contribution in [0.4, 0.5) is 0 Å². The molecule has 2 rings (SSSR count). The molecule has 0 saturated carbocycles. The molecule has 2 heteroatoms. The van der Waals surface area contributed by atoms with Gasteiger partial charge in [-0.05, 0) is 18.9 Å². The lowest BCUT2D eigenvalue weighted by molar-refractivity contribution is 0.372. The van der Waals surface area contributed by atoms with Gasteiger partial charge in [-0.15, -0.1) is 0 Å². The van der Waals surface area contributed by atoms with Gasteiger partial charge in [0.05, 0.1) is 0 Å². The van der Waals surface area contributed by atoms with Gasteiger partial charge in [0.2, 0.25) is 0 Å². The Hall–Kier alpha value is 0.310. The average Bonchev–Trinajstić information content (AvgIpc) is 2.23. The van der Waals surface area contributed by atoms with E-state index >= 15 is 0 Å². The van der Waals surface area contributed by atoms with Crippen LogP contribution in [0, 0.1) is 5.92 Å². The molecule has 0 spiro atoms. The fraction of sp³-hybridized carbons (Fsp3) is 1.00. The molecule has 2 fully saturated rings. The van der Waals surface area contributed by atoms with Gasteiger partial charge in [-0.1, -0.05) is 0 Å². The van der Waals surface area contributed by atoms with Crippen LogP contribution in [0.2, 0.25) is 0 Å². The third-order valence-electron chi connectivity index (χ3n) is 2.30. The molecule has 0 aromatic rings. The number of nitrogens with zero attached hydrogens (tertiary/aromatic N) is 1. The minimum absolute atomic E-state index is 0.698. The molecule has 0 amide bonds. The Labute approximate surface area is 55.5 Å². The van der Waals surface area contributed by atoms with Gasteiger partial charge in [0, 0.05) is 18.3 Å². The predicted molar refractivity (Wildman–Crippen MR) is 37.3 cm³/mol. The zero-order valence-corrected chi connectivity index (χ0v) is 5.77. The highest BCUT2D eigenvalue weighted by Crippen LogP contribution is 2.30. The van der Waals surface area contributed by atoms with Crippen molar-refractivity contribution in [1.29, 1.82) is 0 Å². The summed E-state index contributed by atoms with van der Waals surface area (Å²) >= 11 is 4.46. The zero-order chi connectivity index (χ0) is 5.56. The molecule has 2 aliphatic heterocycles. The molecule has 2 saturated heterocycles. The summed E-state index contributed by atoms with van der Waals surface area (Å²) in [5.74, 6) is 0.929. The number of thiol groups is 1. The third kappa shape index (κ3) is 0.594. The summed E-state index contributed by atoms with van der Waals surface area (Å²) in [6.07, 6.45) is 1.40. The van der Waals surface area contributed by atoms with Crippen molar-refractivity contribution in [1.82, 2.24) is 4.90 Å². The van der Waals surface area contributed by atoms with Crippen molar-refractivity contribution in [3.63, 3.8) is 0 Å². The van der Waals surface area contributed by atoms with E-state index in [4.69, 9.17) is 0 Å². The summed E-state index contributed by atoms with van der Waals surface area (Å²) < 4.78 is 0. The van der Waals surface area contributed by atoms with Crippen molar-refractivity contribution < 1.29 is 0 Å². The number of piperidine rings is 1. The summed E-state index contributed by atoms with van der Waals surface area (Å²) in [6, 6.07) is 0. The van der Waals surface area contributed by atoms with E-state index in [-0.39, 0.29) is 0 Å². The maximum Gasteiger partial charge on any atom is 0.0185 e. The smallest absolute Gasteiger partial charge is 0.0185 e. The summed E-state index contributed by atoms with van der Waals surface area (Å²) in [5, 5.41) is 0.698. The van der Waals surface area contributed by atoms with Crippen LogP contribution in [0.15, 0.2) is 0 Å². The molecule has 0 aromatic heterocycles. The van der Waals surface area contributed by atoms with Crippen LogP contribution in [0.1, 0.15) is 6.42 Å². The zero-order valence-electron chi connectivity index (χ0n) is 4.88. The van der Waals surface area contributed by atoms with Crippen LogP contribution in [0.25, 0.3) is 0 Å². The van der Waals surface area contributed by atoms with Crippen LogP contribution in [-0.4, -0.2) is 29.8 Å². The fourth-order valence-corrected chi connectivity index (χ4v) is 2.23. The minimum Gasteiger partial charge on any atom is -0.302 e. The van der Waals surface area contributed by atoms with Crippen LogP contribution >= 0.6 is 12.6 Å². The van der Waals surface area contributed by atoms with Gasteiger partial charge >= 0.3 is 0 Å². The Balaban J connectivity index is 2.11. The lowest BCUT2D eigenvalue weighted by Gasteiger charge is -2.16. The van der Waals surface area contributed by atoms with Crippen LogP contribution in [0.5, 0.6) is 0 Å². The largest absolute Gasteiger partial charge is 0.302 e. The van der Waals surface area contributed by atoms with Crippen molar-refractivity contribution >= 4 is 12.6 Å². The van der Waals surface area contributed by atoms with E-state index < -0.39 is 0 Å². The number of rotatable bonds is 0. The quantitative estimate of drug-likeness (QED) is 0.469. The molecule has 1 unspecified atom stereocenters. The van der Waals surface area contributed by atoms with E-state index in [1.54, 1.807) is 0 Å². The predicted octanol–water partition coefficient (Wildman–Crippen LogP) is 0.620. The van der Waals surface area contributed by atoms with Crippen molar-refractivity contribution in [2.75, 3.05) is 19.6 Å². The molecule has 0 N–H and O–H groups in total. The molecule has 0 aliphatic carbocycles. The molecule has 46 valence electrons. The highest BCUT2D eigenvalue weighted by Gasteiger charge is 2.35.